The summed E-state index contributed by atoms with van der Waals surface area (Å²) >= 11 is 0. The Morgan fingerprint density at radius 1 is 1.29 bits per heavy atom. The van der Waals surface area contributed by atoms with Crippen LogP contribution in [0.25, 0.3) is 0 Å². The summed E-state index contributed by atoms with van der Waals surface area (Å²) in [4.78, 5) is 12.9. The Morgan fingerprint density at radius 3 is 2.57 bits per heavy atom. The predicted octanol–water partition coefficient (Wildman–Crippen LogP) is -0.399. The van der Waals surface area contributed by atoms with Crippen LogP contribution in [0.4, 0.5) is 5.82 Å². The minimum atomic E-state index is -0.154. The zero-order valence-corrected chi connectivity index (χ0v) is 8.51. The van der Waals surface area contributed by atoms with Gasteiger partial charge in [0.1, 0.15) is 5.82 Å². The number of aromatic amines is 1. The number of rotatable bonds is 1. The van der Waals surface area contributed by atoms with Crippen LogP contribution >= 0.6 is 12.4 Å². The van der Waals surface area contributed by atoms with Crippen LogP contribution in [-0.2, 0) is 0 Å². The smallest absolute Gasteiger partial charge is 0.264 e. The van der Waals surface area contributed by atoms with Gasteiger partial charge in [-0.3, -0.25) is 4.79 Å². The van der Waals surface area contributed by atoms with Gasteiger partial charge < -0.3 is 10.2 Å². The largest absolute Gasteiger partial charge is 0.353 e. The van der Waals surface area contributed by atoms with Crippen molar-refractivity contribution >= 4 is 18.2 Å². The summed E-state index contributed by atoms with van der Waals surface area (Å²) in [7, 11) is 0. The molecule has 0 radical (unpaired) electrons. The van der Waals surface area contributed by atoms with Crippen LogP contribution < -0.4 is 15.8 Å². The van der Waals surface area contributed by atoms with Crippen LogP contribution in [0.2, 0.25) is 0 Å². The molecule has 0 aromatic carbocycles. The molecular weight excluding hydrogens is 204 g/mol. The van der Waals surface area contributed by atoms with E-state index in [1.54, 1.807) is 6.07 Å². The Bertz CT molecular complexity index is 314. The molecule has 1 aliphatic heterocycles. The van der Waals surface area contributed by atoms with Gasteiger partial charge in [0.15, 0.2) is 0 Å². The minimum Gasteiger partial charge on any atom is -0.353 e. The number of piperazine rings is 1. The summed E-state index contributed by atoms with van der Waals surface area (Å²) in [6.45, 7) is 3.83. The maximum absolute atomic E-state index is 10.8. The second-order valence-corrected chi connectivity index (χ2v) is 3.02. The van der Waals surface area contributed by atoms with E-state index in [1.807, 2.05) is 0 Å². The Morgan fingerprint density at radius 2 is 2.00 bits per heavy atom. The van der Waals surface area contributed by atoms with Crippen LogP contribution in [0.15, 0.2) is 16.9 Å². The van der Waals surface area contributed by atoms with Crippen molar-refractivity contribution in [3.8, 4) is 0 Å². The summed E-state index contributed by atoms with van der Waals surface area (Å²) in [6.07, 6.45) is 0. The van der Waals surface area contributed by atoms with E-state index in [4.69, 9.17) is 0 Å². The average Bonchev–Trinajstić information content (AvgIpc) is 2.20. The van der Waals surface area contributed by atoms with Gasteiger partial charge in [-0.1, -0.05) is 0 Å². The molecule has 5 nitrogen and oxygen atoms in total. The van der Waals surface area contributed by atoms with E-state index in [-0.39, 0.29) is 18.0 Å². The number of hydrogen-bond acceptors (Lipinski definition) is 4. The number of anilines is 1. The second kappa shape index (κ2) is 4.97. The van der Waals surface area contributed by atoms with E-state index in [0.717, 1.165) is 32.0 Å². The second-order valence-electron chi connectivity index (χ2n) is 3.02. The van der Waals surface area contributed by atoms with Crippen molar-refractivity contribution in [2.75, 3.05) is 31.1 Å². The van der Waals surface area contributed by atoms with Crippen LogP contribution in [0.3, 0.4) is 0 Å². The molecule has 2 rings (SSSR count). The molecule has 1 aromatic heterocycles. The fourth-order valence-corrected chi connectivity index (χ4v) is 1.41. The molecule has 0 amide bonds. The lowest BCUT2D eigenvalue weighted by Crippen LogP contribution is -2.44. The third kappa shape index (κ3) is 2.46. The summed E-state index contributed by atoms with van der Waals surface area (Å²) in [5.74, 6) is 0.848. The number of hydrogen-bond donors (Lipinski definition) is 2. The molecule has 0 atom stereocenters. The highest BCUT2D eigenvalue weighted by atomic mass is 35.5. The van der Waals surface area contributed by atoms with Gasteiger partial charge in [0.05, 0.1) is 0 Å². The van der Waals surface area contributed by atoms with E-state index < -0.39 is 0 Å². The Labute approximate surface area is 87.9 Å². The van der Waals surface area contributed by atoms with Crippen LogP contribution in [-0.4, -0.2) is 36.4 Å². The monoisotopic (exact) mass is 216 g/mol. The standard InChI is InChI=1S/C8H12N4O.ClH/c13-8-2-1-7(10-11-8)12-5-3-9-4-6-12;/h1-2,9H,3-6H2,(H,11,13);1H. The maximum atomic E-state index is 10.8. The quantitative estimate of drug-likeness (QED) is 0.671. The van der Waals surface area contributed by atoms with Gasteiger partial charge >= 0.3 is 0 Å². The molecule has 1 fully saturated rings. The van der Waals surface area contributed by atoms with Crippen molar-refractivity contribution in [3.63, 3.8) is 0 Å². The average molecular weight is 217 g/mol. The van der Waals surface area contributed by atoms with Crippen molar-refractivity contribution in [1.29, 1.82) is 0 Å². The molecule has 0 saturated carbocycles. The molecule has 2 N–H and O–H groups in total. The zero-order valence-electron chi connectivity index (χ0n) is 7.69. The molecule has 0 bridgehead atoms. The molecule has 0 aliphatic carbocycles. The fraction of sp³-hybridized carbons (Fsp3) is 0.500. The van der Waals surface area contributed by atoms with E-state index in [9.17, 15) is 4.79 Å². The molecule has 78 valence electrons. The Kier molecular flexibility index (Phi) is 3.91. The van der Waals surface area contributed by atoms with Crippen molar-refractivity contribution in [3.05, 3.63) is 22.5 Å². The summed E-state index contributed by atoms with van der Waals surface area (Å²) in [5, 5.41) is 9.65. The van der Waals surface area contributed by atoms with E-state index >= 15 is 0 Å². The predicted molar refractivity (Wildman–Crippen MR) is 57.2 cm³/mol. The van der Waals surface area contributed by atoms with Crippen molar-refractivity contribution in [2.45, 2.75) is 0 Å². The van der Waals surface area contributed by atoms with Crippen molar-refractivity contribution in [2.24, 2.45) is 0 Å². The van der Waals surface area contributed by atoms with Crippen molar-refractivity contribution in [1.82, 2.24) is 15.5 Å². The number of nitrogens with zero attached hydrogens (tertiary/aromatic N) is 2. The number of aromatic nitrogens is 2. The van der Waals surface area contributed by atoms with Gasteiger partial charge in [-0.2, -0.15) is 5.10 Å². The van der Waals surface area contributed by atoms with Gasteiger partial charge in [0.25, 0.3) is 5.56 Å². The normalized spacial score (nSPS) is 16.1. The van der Waals surface area contributed by atoms with Gasteiger partial charge in [-0.05, 0) is 6.07 Å². The summed E-state index contributed by atoms with van der Waals surface area (Å²) in [5.41, 5.74) is -0.154. The highest BCUT2D eigenvalue weighted by Gasteiger charge is 2.10. The summed E-state index contributed by atoms with van der Waals surface area (Å²) < 4.78 is 0. The lowest BCUT2D eigenvalue weighted by Gasteiger charge is -2.27. The zero-order chi connectivity index (χ0) is 9.10. The Balaban J connectivity index is 0.000000980. The number of H-pyrrole nitrogens is 1. The first-order valence-electron chi connectivity index (χ1n) is 4.38. The molecule has 1 aliphatic rings. The van der Waals surface area contributed by atoms with Crippen LogP contribution in [0, 0.1) is 0 Å². The van der Waals surface area contributed by atoms with Gasteiger partial charge in [-0.15, -0.1) is 12.4 Å². The Hall–Kier alpha value is -1.07. The molecule has 0 unspecified atom stereocenters. The first kappa shape index (κ1) is 11.0. The maximum Gasteiger partial charge on any atom is 0.264 e. The van der Waals surface area contributed by atoms with E-state index in [0.29, 0.717) is 0 Å². The molecule has 14 heavy (non-hydrogen) atoms. The number of nitrogens with one attached hydrogen (secondary N) is 2. The third-order valence-corrected chi connectivity index (χ3v) is 2.11. The van der Waals surface area contributed by atoms with Crippen LogP contribution in [0.1, 0.15) is 0 Å². The SMILES string of the molecule is Cl.O=c1ccc(N2CCNCC2)n[nH]1. The van der Waals surface area contributed by atoms with Crippen LogP contribution in [0.5, 0.6) is 0 Å². The third-order valence-electron chi connectivity index (χ3n) is 2.11. The number of halogens is 1. The van der Waals surface area contributed by atoms with Gasteiger partial charge in [0, 0.05) is 32.2 Å². The first-order valence-corrected chi connectivity index (χ1v) is 4.38. The molecule has 1 saturated heterocycles. The minimum absolute atomic E-state index is 0. The van der Waals surface area contributed by atoms with Crippen molar-refractivity contribution < 1.29 is 0 Å². The summed E-state index contributed by atoms with van der Waals surface area (Å²) in [6, 6.07) is 3.26. The fourth-order valence-electron chi connectivity index (χ4n) is 1.41. The molecule has 0 spiro atoms. The van der Waals surface area contributed by atoms with E-state index in [1.165, 1.54) is 6.07 Å². The van der Waals surface area contributed by atoms with E-state index in [2.05, 4.69) is 20.4 Å². The highest BCUT2D eigenvalue weighted by molar-refractivity contribution is 5.85. The lowest BCUT2D eigenvalue weighted by molar-refractivity contribution is 0.582. The van der Waals surface area contributed by atoms with Gasteiger partial charge in [0.2, 0.25) is 0 Å². The lowest BCUT2D eigenvalue weighted by atomic mass is 10.3. The topological polar surface area (TPSA) is 61.0 Å². The molecule has 1 aromatic rings. The molecule has 2 heterocycles. The molecular formula is C8H13ClN4O. The highest BCUT2D eigenvalue weighted by Crippen LogP contribution is 2.06. The molecule has 6 heteroatoms. The van der Waals surface area contributed by atoms with Gasteiger partial charge in [-0.25, -0.2) is 5.10 Å². The first-order chi connectivity index (χ1) is 6.36.